The minimum Gasteiger partial charge on any atom is -0.367 e. The largest absolute Gasteiger partial charge is 0.414 e. The first-order valence-corrected chi connectivity index (χ1v) is 8.44. The number of nitrogens with zero attached hydrogens (tertiary/aromatic N) is 1. The first-order chi connectivity index (χ1) is 10.7. The summed E-state index contributed by atoms with van der Waals surface area (Å²) in [6.45, 7) is 3.26. The van der Waals surface area contributed by atoms with Crippen molar-refractivity contribution in [2.75, 3.05) is 7.11 Å². The molecule has 1 heterocycles. The van der Waals surface area contributed by atoms with E-state index in [1.54, 1.807) is 12.1 Å². The Morgan fingerprint density at radius 3 is 2.43 bits per heavy atom. The third kappa shape index (κ3) is 3.37. The molecule has 2 rings (SSSR count). The van der Waals surface area contributed by atoms with E-state index in [1.165, 1.54) is 26.2 Å². The van der Waals surface area contributed by atoms with Gasteiger partial charge >= 0.3 is 10.3 Å². The molecule has 0 bridgehead atoms. The van der Waals surface area contributed by atoms with Crippen molar-refractivity contribution in [2.45, 2.75) is 32.9 Å². The van der Waals surface area contributed by atoms with Gasteiger partial charge in [-0.3, -0.25) is 4.79 Å². The molecule has 126 valence electrons. The Balaban J connectivity index is 2.35. The molecular formula is C15H19NO6S. The highest BCUT2D eigenvalue weighted by Crippen LogP contribution is 2.34. The van der Waals surface area contributed by atoms with Crippen LogP contribution in [0.1, 0.15) is 25.3 Å². The zero-order valence-corrected chi connectivity index (χ0v) is 14.0. The van der Waals surface area contributed by atoms with Crippen molar-refractivity contribution in [1.29, 1.82) is 0 Å². The van der Waals surface area contributed by atoms with Crippen LogP contribution in [0, 0.1) is 12.3 Å². The van der Waals surface area contributed by atoms with E-state index in [4.69, 9.17) is 8.92 Å². The molecule has 0 N–H and O–H groups in total. The van der Waals surface area contributed by atoms with E-state index in [0.29, 0.717) is 10.6 Å². The number of carbonyl (C=O) groups excluding carboxylic acids is 2. The molecule has 0 aliphatic carbocycles. The van der Waals surface area contributed by atoms with Gasteiger partial charge in [0.05, 0.1) is 0 Å². The minimum atomic E-state index is -4.44. The molecule has 0 saturated carbocycles. The molecule has 8 heteroatoms. The van der Waals surface area contributed by atoms with Crippen LogP contribution in [0.3, 0.4) is 0 Å². The number of piperidine rings is 1. The second-order valence-electron chi connectivity index (χ2n) is 5.72. The van der Waals surface area contributed by atoms with Gasteiger partial charge < -0.3 is 13.7 Å². The standard InChI is InChI=1S/C15H19NO6S/c1-11-4-6-12(7-5-11)22-23(19,20)16-13(21-3)8-9-15(2,10-17)14(16)18/h4-7,10,13H,8-9H2,1-3H3/t13-,15+/m0/s1. The summed E-state index contributed by atoms with van der Waals surface area (Å²) in [4.78, 5) is 23.7. The predicted molar refractivity (Wildman–Crippen MR) is 81.8 cm³/mol. The normalized spacial score (nSPS) is 25.3. The number of aldehydes is 1. The molecule has 1 aliphatic rings. The lowest BCUT2D eigenvalue weighted by Crippen LogP contribution is -2.57. The molecule has 1 aromatic rings. The Bertz CT molecular complexity index is 699. The maximum Gasteiger partial charge on any atom is 0.414 e. The molecule has 0 aromatic heterocycles. The number of rotatable bonds is 5. The summed E-state index contributed by atoms with van der Waals surface area (Å²) >= 11 is 0. The Hall–Kier alpha value is -1.93. The van der Waals surface area contributed by atoms with Gasteiger partial charge in [-0.25, -0.2) is 0 Å². The lowest BCUT2D eigenvalue weighted by atomic mass is 9.83. The maximum absolute atomic E-state index is 12.5. The fourth-order valence-electron chi connectivity index (χ4n) is 2.35. The average molecular weight is 341 g/mol. The summed E-state index contributed by atoms with van der Waals surface area (Å²) in [5, 5.41) is 0. The van der Waals surface area contributed by atoms with Gasteiger partial charge in [-0.05, 0) is 38.8 Å². The van der Waals surface area contributed by atoms with E-state index in [1.807, 2.05) is 6.92 Å². The van der Waals surface area contributed by atoms with Gasteiger partial charge in [0.2, 0.25) is 0 Å². The number of methoxy groups -OCH3 is 1. The molecular weight excluding hydrogens is 322 g/mol. The molecule has 1 aliphatic heterocycles. The number of benzene rings is 1. The molecule has 23 heavy (non-hydrogen) atoms. The van der Waals surface area contributed by atoms with Crippen LogP contribution in [-0.4, -0.2) is 38.3 Å². The van der Waals surface area contributed by atoms with Crippen LogP contribution in [0.5, 0.6) is 5.75 Å². The number of hydrogen-bond acceptors (Lipinski definition) is 6. The predicted octanol–water partition coefficient (Wildman–Crippen LogP) is 1.42. The first-order valence-electron chi connectivity index (χ1n) is 7.07. The Kier molecular flexibility index (Phi) is 4.76. The van der Waals surface area contributed by atoms with E-state index < -0.39 is 27.9 Å². The second kappa shape index (κ2) is 6.29. The third-order valence-corrected chi connectivity index (χ3v) is 5.14. The number of aryl methyl sites for hydroxylation is 1. The highest BCUT2D eigenvalue weighted by molar-refractivity contribution is 7.85. The molecule has 0 unspecified atom stereocenters. The number of hydrogen-bond donors (Lipinski definition) is 0. The van der Waals surface area contributed by atoms with Gasteiger partial charge in [0, 0.05) is 7.11 Å². The van der Waals surface area contributed by atoms with Crippen molar-refractivity contribution in [2.24, 2.45) is 5.41 Å². The Labute approximate surface area is 135 Å². The quantitative estimate of drug-likeness (QED) is 0.594. The van der Waals surface area contributed by atoms with Crippen molar-refractivity contribution in [3.05, 3.63) is 29.8 Å². The van der Waals surface area contributed by atoms with Crippen LogP contribution in [0.4, 0.5) is 0 Å². The van der Waals surface area contributed by atoms with E-state index >= 15 is 0 Å². The van der Waals surface area contributed by atoms with Crippen molar-refractivity contribution in [3.63, 3.8) is 0 Å². The highest BCUT2D eigenvalue weighted by Gasteiger charge is 2.50. The number of carbonyl (C=O) groups is 2. The molecule has 1 amide bonds. The fourth-order valence-corrected chi connectivity index (χ4v) is 3.68. The molecule has 2 atom stereocenters. The van der Waals surface area contributed by atoms with Gasteiger partial charge in [0.15, 0.2) is 0 Å². The molecule has 1 saturated heterocycles. The van der Waals surface area contributed by atoms with Gasteiger partial charge in [-0.15, -0.1) is 0 Å². The van der Waals surface area contributed by atoms with Gasteiger partial charge in [0.1, 0.15) is 23.7 Å². The van der Waals surface area contributed by atoms with Gasteiger partial charge in [0.25, 0.3) is 5.91 Å². The SMILES string of the molecule is CO[C@H]1CC[C@](C)(C=O)C(=O)N1S(=O)(=O)Oc1ccc(C)cc1. The van der Waals surface area contributed by atoms with E-state index in [9.17, 15) is 18.0 Å². The van der Waals surface area contributed by atoms with Gasteiger partial charge in [-0.1, -0.05) is 17.7 Å². The maximum atomic E-state index is 12.5. The van der Waals surface area contributed by atoms with Crippen LogP contribution in [0.15, 0.2) is 24.3 Å². The first kappa shape index (κ1) is 17.4. The lowest BCUT2D eigenvalue weighted by molar-refractivity contribution is -0.155. The van der Waals surface area contributed by atoms with E-state index in [-0.39, 0.29) is 18.6 Å². The van der Waals surface area contributed by atoms with Crippen LogP contribution in [-0.2, 0) is 24.6 Å². The summed E-state index contributed by atoms with van der Waals surface area (Å²) in [6, 6.07) is 6.35. The van der Waals surface area contributed by atoms with E-state index in [2.05, 4.69) is 0 Å². The van der Waals surface area contributed by atoms with Crippen LogP contribution in [0.2, 0.25) is 0 Å². The lowest BCUT2D eigenvalue weighted by Gasteiger charge is -2.39. The average Bonchev–Trinajstić information content (AvgIpc) is 2.51. The summed E-state index contributed by atoms with van der Waals surface area (Å²) < 4.78 is 35.6. The summed E-state index contributed by atoms with van der Waals surface area (Å²) in [5.74, 6) is -0.769. The zero-order valence-electron chi connectivity index (χ0n) is 13.2. The van der Waals surface area contributed by atoms with Crippen LogP contribution in [0.25, 0.3) is 0 Å². The van der Waals surface area contributed by atoms with Crippen molar-refractivity contribution < 1.29 is 26.9 Å². The summed E-state index contributed by atoms with van der Waals surface area (Å²) in [7, 11) is -3.14. The zero-order chi connectivity index (χ0) is 17.3. The van der Waals surface area contributed by atoms with Crippen molar-refractivity contribution >= 4 is 22.5 Å². The molecule has 7 nitrogen and oxygen atoms in total. The van der Waals surface area contributed by atoms with Crippen molar-refractivity contribution in [1.82, 2.24) is 4.31 Å². The second-order valence-corrected chi connectivity index (χ2v) is 7.13. The monoisotopic (exact) mass is 341 g/mol. The number of amides is 1. The molecule has 0 radical (unpaired) electrons. The summed E-state index contributed by atoms with van der Waals surface area (Å²) in [6.07, 6.45) is -0.0977. The Morgan fingerprint density at radius 2 is 1.91 bits per heavy atom. The third-order valence-electron chi connectivity index (χ3n) is 3.86. The van der Waals surface area contributed by atoms with Gasteiger partial charge in [-0.2, -0.15) is 12.7 Å². The van der Waals surface area contributed by atoms with Crippen LogP contribution >= 0.6 is 0 Å². The van der Waals surface area contributed by atoms with E-state index in [0.717, 1.165) is 5.56 Å². The molecule has 1 aromatic carbocycles. The topological polar surface area (TPSA) is 90.0 Å². The van der Waals surface area contributed by atoms with Crippen molar-refractivity contribution in [3.8, 4) is 5.75 Å². The minimum absolute atomic E-state index is 0.0802. The Morgan fingerprint density at radius 1 is 1.30 bits per heavy atom. The number of ether oxygens (including phenoxy) is 1. The molecule has 1 fully saturated rings. The smallest absolute Gasteiger partial charge is 0.367 e. The summed E-state index contributed by atoms with van der Waals surface area (Å²) in [5.41, 5.74) is -0.467. The highest BCUT2D eigenvalue weighted by atomic mass is 32.2. The molecule has 0 spiro atoms. The van der Waals surface area contributed by atoms with Crippen LogP contribution < -0.4 is 4.18 Å². The fraction of sp³-hybridized carbons (Fsp3) is 0.467.